The van der Waals surface area contributed by atoms with Gasteiger partial charge in [-0.2, -0.15) is 24.5 Å². The normalized spacial score (nSPS) is 16.2. The third-order valence-corrected chi connectivity index (χ3v) is 4.51. The van der Waals surface area contributed by atoms with E-state index in [2.05, 4.69) is 15.3 Å². The summed E-state index contributed by atoms with van der Waals surface area (Å²) in [4.78, 5) is 21.3. The number of aromatic nitrogens is 2. The zero-order valence-electron chi connectivity index (χ0n) is 12.6. The molecule has 0 radical (unpaired) electrons. The molecule has 128 valence electrons. The Morgan fingerprint density at radius 2 is 2.04 bits per heavy atom. The summed E-state index contributed by atoms with van der Waals surface area (Å²) < 4.78 is 38.2. The third-order valence-electron chi connectivity index (χ3n) is 3.83. The summed E-state index contributed by atoms with van der Waals surface area (Å²) in [5, 5.41) is 6.56. The first-order chi connectivity index (χ1) is 11.4. The number of piperidine rings is 1. The fourth-order valence-corrected chi connectivity index (χ4v) is 3.18. The molecule has 5 nitrogen and oxygen atoms in total. The van der Waals surface area contributed by atoms with E-state index in [9.17, 15) is 18.0 Å². The van der Waals surface area contributed by atoms with Crippen molar-refractivity contribution >= 4 is 23.2 Å². The van der Waals surface area contributed by atoms with Crippen molar-refractivity contribution in [2.24, 2.45) is 0 Å². The number of amides is 1. The number of carbonyl (C=O) groups excluding carboxylic acids is 1. The van der Waals surface area contributed by atoms with Gasteiger partial charge >= 0.3 is 6.18 Å². The van der Waals surface area contributed by atoms with Gasteiger partial charge < -0.3 is 10.2 Å². The van der Waals surface area contributed by atoms with Gasteiger partial charge in [0.2, 0.25) is 5.95 Å². The fourth-order valence-electron chi connectivity index (χ4n) is 2.54. The largest absolute Gasteiger partial charge is 0.433 e. The highest BCUT2D eigenvalue weighted by Gasteiger charge is 2.33. The smallest absolute Gasteiger partial charge is 0.349 e. The van der Waals surface area contributed by atoms with Crippen molar-refractivity contribution in [1.29, 1.82) is 0 Å². The van der Waals surface area contributed by atoms with Crippen molar-refractivity contribution in [2.75, 3.05) is 18.0 Å². The van der Waals surface area contributed by atoms with E-state index in [-0.39, 0.29) is 17.9 Å². The molecule has 1 amide bonds. The highest BCUT2D eigenvalue weighted by molar-refractivity contribution is 7.08. The van der Waals surface area contributed by atoms with Crippen LogP contribution in [0, 0.1) is 0 Å². The molecule has 2 aromatic rings. The minimum atomic E-state index is -4.48. The molecule has 1 fully saturated rings. The van der Waals surface area contributed by atoms with Crippen LogP contribution in [-0.4, -0.2) is 35.0 Å². The summed E-state index contributed by atoms with van der Waals surface area (Å²) in [5.74, 6) is -0.0440. The standard InChI is InChI=1S/C15H15F3N4OS/c16-15(17,18)12-1-5-19-14(21-12)22-6-2-11(3-7-22)20-13(23)10-4-8-24-9-10/h1,4-5,8-9,11H,2-3,6-7H2,(H,20,23). The molecule has 0 aliphatic carbocycles. The number of hydrogen-bond donors (Lipinski definition) is 1. The molecule has 24 heavy (non-hydrogen) atoms. The van der Waals surface area contributed by atoms with E-state index in [1.54, 1.807) is 16.3 Å². The lowest BCUT2D eigenvalue weighted by atomic mass is 10.0. The molecule has 1 aliphatic rings. The van der Waals surface area contributed by atoms with E-state index in [0.29, 0.717) is 31.5 Å². The van der Waals surface area contributed by atoms with Gasteiger partial charge in [0.25, 0.3) is 5.91 Å². The van der Waals surface area contributed by atoms with Gasteiger partial charge in [0.15, 0.2) is 0 Å². The molecule has 3 heterocycles. The second-order valence-corrected chi connectivity index (χ2v) is 6.27. The van der Waals surface area contributed by atoms with Crippen molar-refractivity contribution in [3.8, 4) is 0 Å². The molecule has 9 heteroatoms. The average molecular weight is 356 g/mol. The summed E-state index contributed by atoms with van der Waals surface area (Å²) >= 11 is 1.45. The number of nitrogens with zero attached hydrogens (tertiary/aromatic N) is 3. The van der Waals surface area contributed by atoms with E-state index in [1.807, 2.05) is 5.38 Å². The molecule has 1 aliphatic heterocycles. The van der Waals surface area contributed by atoms with Gasteiger partial charge in [-0.05, 0) is 30.4 Å². The summed E-state index contributed by atoms with van der Waals surface area (Å²) in [7, 11) is 0. The number of rotatable bonds is 3. The number of thiophene rings is 1. The topological polar surface area (TPSA) is 58.1 Å². The Bertz CT molecular complexity index is 697. The van der Waals surface area contributed by atoms with Crippen LogP contribution in [0.15, 0.2) is 29.1 Å². The van der Waals surface area contributed by atoms with Crippen LogP contribution < -0.4 is 10.2 Å². The Morgan fingerprint density at radius 1 is 1.29 bits per heavy atom. The zero-order valence-corrected chi connectivity index (χ0v) is 13.4. The summed E-state index contributed by atoms with van der Waals surface area (Å²) in [6.07, 6.45) is -2.09. The van der Waals surface area contributed by atoms with Crippen LogP contribution in [0.1, 0.15) is 28.9 Å². The Kier molecular flexibility index (Phi) is 4.70. The molecular weight excluding hydrogens is 341 g/mol. The maximum atomic E-state index is 12.7. The molecular formula is C15H15F3N4OS. The molecule has 2 aromatic heterocycles. The van der Waals surface area contributed by atoms with Crippen LogP contribution in [0.25, 0.3) is 0 Å². The second kappa shape index (κ2) is 6.76. The van der Waals surface area contributed by atoms with Crippen molar-refractivity contribution in [3.05, 3.63) is 40.3 Å². The van der Waals surface area contributed by atoms with E-state index in [4.69, 9.17) is 0 Å². The van der Waals surface area contributed by atoms with Gasteiger partial charge in [0.1, 0.15) is 5.69 Å². The van der Waals surface area contributed by atoms with Crippen LogP contribution in [-0.2, 0) is 6.18 Å². The second-order valence-electron chi connectivity index (χ2n) is 5.49. The first kappa shape index (κ1) is 16.7. The quantitative estimate of drug-likeness (QED) is 0.919. The lowest BCUT2D eigenvalue weighted by Gasteiger charge is -2.32. The third kappa shape index (κ3) is 3.84. The molecule has 0 bridgehead atoms. The minimum Gasteiger partial charge on any atom is -0.349 e. The first-order valence-corrected chi connectivity index (χ1v) is 8.36. The highest BCUT2D eigenvalue weighted by atomic mass is 32.1. The molecule has 0 unspecified atom stereocenters. The average Bonchev–Trinajstić information content (AvgIpc) is 3.09. The number of carbonyl (C=O) groups is 1. The minimum absolute atomic E-state index is 0.000510. The maximum Gasteiger partial charge on any atom is 0.433 e. The Balaban J connectivity index is 1.58. The van der Waals surface area contributed by atoms with Gasteiger partial charge in [-0.25, -0.2) is 9.97 Å². The molecule has 1 saturated heterocycles. The van der Waals surface area contributed by atoms with Crippen LogP contribution in [0.4, 0.5) is 19.1 Å². The SMILES string of the molecule is O=C(NC1CCN(c2nccc(C(F)(F)F)n2)CC1)c1ccsc1. The Hall–Kier alpha value is -2.16. The van der Waals surface area contributed by atoms with Gasteiger partial charge in [-0.3, -0.25) is 4.79 Å². The highest BCUT2D eigenvalue weighted by Crippen LogP contribution is 2.28. The summed E-state index contributed by atoms with van der Waals surface area (Å²) in [5.41, 5.74) is -0.316. The lowest BCUT2D eigenvalue weighted by Crippen LogP contribution is -2.45. The van der Waals surface area contributed by atoms with Gasteiger partial charge in [0, 0.05) is 36.3 Å². The molecule has 0 saturated carbocycles. The fraction of sp³-hybridized carbons (Fsp3) is 0.400. The first-order valence-electron chi connectivity index (χ1n) is 7.42. The number of anilines is 1. The summed E-state index contributed by atoms with van der Waals surface area (Å²) in [6.45, 7) is 0.992. The van der Waals surface area contributed by atoms with E-state index < -0.39 is 11.9 Å². The molecule has 0 aromatic carbocycles. The van der Waals surface area contributed by atoms with E-state index in [1.165, 1.54) is 11.3 Å². The molecule has 3 rings (SSSR count). The monoisotopic (exact) mass is 356 g/mol. The zero-order chi connectivity index (χ0) is 17.2. The number of alkyl halides is 3. The van der Waals surface area contributed by atoms with Gasteiger partial charge in [-0.15, -0.1) is 0 Å². The van der Waals surface area contributed by atoms with Crippen molar-refractivity contribution < 1.29 is 18.0 Å². The predicted molar refractivity (Wildman–Crippen MR) is 84.1 cm³/mol. The predicted octanol–water partition coefficient (Wildman–Crippen LogP) is 2.96. The van der Waals surface area contributed by atoms with Crippen LogP contribution in [0.2, 0.25) is 0 Å². The van der Waals surface area contributed by atoms with E-state index >= 15 is 0 Å². The maximum absolute atomic E-state index is 12.7. The number of hydrogen-bond acceptors (Lipinski definition) is 5. The van der Waals surface area contributed by atoms with Crippen LogP contribution in [0.3, 0.4) is 0 Å². The van der Waals surface area contributed by atoms with Gasteiger partial charge in [-0.1, -0.05) is 0 Å². The van der Waals surface area contributed by atoms with Gasteiger partial charge in [0.05, 0.1) is 0 Å². The van der Waals surface area contributed by atoms with E-state index in [0.717, 1.165) is 12.3 Å². The molecule has 1 N–H and O–H groups in total. The molecule has 0 atom stereocenters. The Morgan fingerprint density at radius 3 is 2.67 bits per heavy atom. The molecule has 0 spiro atoms. The van der Waals surface area contributed by atoms with Crippen molar-refractivity contribution in [2.45, 2.75) is 25.1 Å². The number of halogens is 3. The summed E-state index contributed by atoms with van der Waals surface area (Å²) in [6, 6.07) is 2.61. The van der Waals surface area contributed by atoms with Crippen LogP contribution in [0.5, 0.6) is 0 Å². The number of nitrogens with one attached hydrogen (secondary N) is 1. The Labute approximate surface area is 140 Å². The van der Waals surface area contributed by atoms with Crippen molar-refractivity contribution in [1.82, 2.24) is 15.3 Å². The van der Waals surface area contributed by atoms with Crippen LogP contribution >= 0.6 is 11.3 Å². The lowest BCUT2D eigenvalue weighted by molar-refractivity contribution is -0.141. The van der Waals surface area contributed by atoms with Crippen molar-refractivity contribution in [3.63, 3.8) is 0 Å².